The number of para-hydroxylation sites is 1. The Labute approximate surface area is 137 Å². The molecule has 0 atom stereocenters. The van der Waals surface area contributed by atoms with Gasteiger partial charge in [-0.15, -0.1) is 11.3 Å². The molecule has 1 aromatic carbocycles. The minimum absolute atomic E-state index is 0.0790. The maximum atomic E-state index is 11.9. The van der Waals surface area contributed by atoms with Crippen LogP contribution in [0.15, 0.2) is 40.2 Å². The monoisotopic (exact) mass is 328 g/mol. The largest absolute Gasteiger partial charge is 0.339 e. The number of nitrogens with one attached hydrogen (secondary N) is 1. The average Bonchev–Trinajstić information content (AvgIpc) is 3.18. The van der Waals surface area contributed by atoms with Crippen LogP contribution in [0.4, 0.5) is 5.69 Å². The van der Waals surface area contributed by atoms with Crippen molar-refractivity contribution in [3.05, 3.63) is 58.1 Å². The second kappa shape index (κ2) is 7.15. The minimum atomic E-state index is -0.175. The lowest BCUT2D eigenvalue weighted by Gasteiger charge is -2.01. The molecule has 118 valence electrons. The van der Waals surface area contributed by atoms with Gasteiger partial charge in [0.1, 0.15) is 0 Å². The molecule has 0 saturated heterocycles. The summed E-state index contributed by atoms with van der Waals surface area (Å²) in [7, 11) is 0. The Hall–Kier alpha value is -2.54. The average molecular weight is 328 g/mol. The summed E-state index contributed by atoms with van der Waals surface area (Å²) in [5.41, 5.74) is 1.66. The Morgan fingerprint density at radius 3 is 2.83 bits per heavy atom. The van der Waals surface area contributed by atoms with E-state index < -0.39 is 0 Å². The number of aryl methyl sites for hydroxylation is 1. The third-order valence-corrected chi connectivity index (χ3v) is 4.16. The number of carbonyl (C=O) groups is 1. The van der Waals surface area contributed by atoms with Crippen molar-refractivity contribution in [2.75, 3.05) is 5.32 Å². The molecule has 1 amide bonds. The van der Waals surface area contributed by atoms with E-state index in [2.05, 4.69) is 27.4 Å². The van der Waals surface area contributed by atoms with Gasteiger partial charge in [-0.25, -0.2) is 4.98 Å². The summed E-state index contributed by atoms with van der Waals surface area (Å²) in [4.78, 5) is 20.7. The number of benzene rings is 1. The molecule has 0 aliphatic heterocycles. The number of hydrogen-bond acceptors (Lipinski definition) is 6. The Morgan fingerprint density at radius 1 is 1.26 bits per heavy atom. The zero-order valence-electron chi connectivity index (χ0n) is 12.7. The van der Waals surface area contributed by atoms with Gasteiger partial charge >= 0.3 is 0 Å². The molecule has 3 aromatic rings. The fraction of sp³-hybridized carbons (Fsp3) is 0.250. The van der Waals surface area contributed by atoms with Crippen molar-refractivity contribution in [1.82, 2.24) is 15.1 Å². The molecular weight excluding hydrogens is 312 g/mol. The number of amides is 1. The molecule has 23 heavy (non-hydrogen) atoms. The van der Waals surface area contributed by atoms with Crippen LogP contribution in [0.2, 0.25) is 0 Å². The van der Waals surface area contributed by atoms with E-state index in [0.29, 0.717) is 18.1 Å². The fourth-order valence-electron chi connectivity index (χ4n) is 2.05. The van der Waals surface area contributed by atoms with Gasteiger partial charge in [0.25, 0.3) is 0 Å². The number of aromatic nitrogens is 3. The van der Waals surface area contributed by atoms with Crippen molar-refractivity contribution in [2.24, 2.45) is 0 Å². The molecule has 3 rings (SSSR count). The molecule has 0 bridgehead atoms. The first-order valence-corrected chi connectivity index (χ1v) is 8.20. The van der Waals surface area contributed by atoms with Gasteiger partial charge in [0.2, 0.25) is 11.8 Å². The lowest BCUT2D eigenvalue weighted by Crippen LogP contribution is -2.15. The number of hydrogen-bond donors (Lipinski definition) is 1. The van der Waals surface area contributed by atoms with Crippen LogP contribution in [0.25, 0.3) is 0 Å². The highest BCUT2D eigenvalue weighted by Gasteiger charge is 2.13. The van der Waals surface area contributed by atoms with E-state index in [-0.39, 0.29) is 12.3 Å². The lowest BCUT2D eigenvalue weighted by molar-refractivity contribution is -0.115. The second-order valence-corrected chi connectivity index (χ2v) is 5.90. The van der Waals surface area contributed by atoms with Crippen LogP contribution >= 0.6 is 11.3 Å². The summed E-state index contributed by atoms with van der Waals surface area (Å²) in [6.07, 6.45) is 1.49. The van der Waals surface area contributed by atoms with E-state index >= 15 is 0 Å². The van der Waals surface area contributed by atoms with Crippen LogP contribution in [0, 0.1) is 0 Å². The zero-order valence-corrected chi connectivity index (χ0v) is 13.5. The van der Waals surface area contributed by atoms with Gasteiger partial charge in [-0.3, -0.25) is 4.79 Å². The van der Waals surface area contributed by atoms with Crippen molar-refractivity contribution < 1.29 is 9.32 Å². The van der Waals surface area contributed by atoms with Gasteiger partial charge in [-0.1, -0.05) is 30.3 Å². The predicted octanol–water partition coefficient (Wildman–Crippen LogP) is 2.86. The van der Waals surface area contributed by atoms with Gasteiger partial charge in [-0.2, -0.15) is 4.98 Å². The molecule has 2 aromatic heterocycles. The summed E-state index contributed by atoms with van der Waals surface area (Å²) in [5, 5.41) is 9.71. The van der Waals surface area contributed by atoms with Gasteiger partial charge in [-0.05, 0) is 18.6 Å². The standard InChI is InChI=1S/C16H16N4O2S/c1-2-16-18-12(10-23-16)8-15-19-13(20-22-15)9-14(21)17-11-6-4-3-5-7-11/h3-7,10H,2,8-9H2,1H3,(H,17,21). The first-order chi connectivity index (χ1) is 11.2. The second-order valence-electron chi connectivity index (χ2n) is 4.96. The summed E-state index contributed by atoms with van der Waals surface area (Å²) in [6, 6.07) is 9.27. The normalized spacial score (nSPS) is 10.7. The number of nitrogens with zero attached hydrogens (tertiary/aromatic N) is 3. The summed E-state index contributed by atoms with van der Waals surface area (Å²) in [6.45, 7) is 2.07. The molecule has 0 spiro atoms. The highest BCUT2D eigenvalue weighted by molar-refractivity contribution is 7.09. The third-order valence-electron chi connectivity index (χ3n) is 3.12. The Kier molecular flexibility index (Phi) is 4.77. The smallest absolute Gasteiger partial charge is 0.232 e. The van der Waals surface area contributed by atoms with Crippen LogP contribution in [0.5, 0.6) is 0 Å². The van der Waals surface area contributed by atoms with Gasteiger partial charge in [0, 0.05) is 11.1 Å². The Morgan fingerprint density at radius 2 is 2.09 bits per heavy atom. The topological polar surface area (TPSA) is 80.9 Å². The van der Waals surface area contributed by atoms with E-state index in [0.717, 1.165) is 22.8 Å². The first kappa shape index (κ1) is 15.4. The van der Waals surface area contributed by atoms with Crippen LogP contribution in [-0.2, 0) is 24.1 Å². The SMILES string of the molecule is CCc1nc(Cc2nc(CC(=O)Nc3ccccc3)no2)cs1. The van der Waals surface area contributed by atoms with E-state index in [1.54, 1.807) is 11.3 Å². The molecule has 0 fully saturated rings. The van der Waals surface area contributed by atoms with Crippen molar-refractivity contribution in [3.63, 3.8) is 0 Å². The Balaban J connectivity index is 1.57. The number of anilines is 1. The minimum Gasteiger partial charge on any atom is -0.339 e. The first-order valence-electron chi connectivity index (χ1n) is 7.32. The molecule has 0 aliphatic rings. The van der Waals surface area contributed by atoms with E-state index in [1.807, 2.05) is 35.7 Å². The molecule has 1 N–H and O–H groups in total. The zero-order chi connectivity index (χ0) is 16.1. The van der Waals surface area contributed by atoms with E-state index in [1.165, 1.54) is 0 Å². The molecule has 7 heteroatoms. The Bertz CT molecular complexity index is 782. The van der Waals surface area contributed by atoms with Crippen molar-refractivity contribution in [2.45, 2.75) is 26.2 Å². The summed E-state index contributed by atoms with van der Waals surface area (Å²) >= 11 is 1.62. The maximum absolute atomic E-state index is 11.9. The third kappa shape index (κ3) is 4.23. The molecule has 0 aliphatic carbocycles. The molecular formula is C16H16N4O2S. The molecule has 6 nitrogen and oxygen atoms in total. The lowest BCUT2D eigenvalue weighted by atomic mass is 10.3. The van der Waals surface area contributed by atoms with Crippen LogP contribution in [-0.4, -0.2) is 21.0 Å². The van der Waals surface area contributed by atoms with Gasteiger partial charge < -0.3 is 9.84 Å². The van der Waals surface area contributed by atoms with Crippen molar-refractivity contribution in [3.8, 4) is 0 Å². The molecule has 0 unspecified atom stereocenters. The van der Waals surface area contributed by atoms with Crippen LogP contribution in [0.1, 0.15) is 29.3 Å². The van der Waals surface area contributed by atoms with Crippen molar-refractivity contribution >= 4 is 22.9 Å². The van der Waals surface area contributed by atoms with Crippen LogP contribution in [0.3, 0.4) is 0 Å². The van der Waals surface area contributed by atoms with Gasteiger partial charge in [0.05, 0.1) is 23.5 Å². The van der Waals surface area contributed by atoms with Crippen LogP contribution < -0.4 is 5.32 Å². The summed E-state index contributed by atoms with van der Waals surface area (Å²) in [5.74, 6) is 0.672. The molecule has 2 heterocycles. The quantitative estimate of drug-likeness (QED) is 0.752. The van der Waals surface area contributed by atoms with E-state index in [9.17, 15) is 4.79 Å². The molecule has 0 radical (unpaired) electrons. The maximum Gasteiger partial charge on any atom is 0.232 e. The number of carbonyl (C=O) groups excluding carboxylic acids is 1. The van der Waals surface area contributed by atoms with Crippen molar-refractivity contribution in [1.29, 1.82) is 0 Å². The highest BCUT2D eigenvalue weighted by atomic mass is 32.1. The highest BCUT2D eigenvalue weighted by Crippen LogP contribution is 2.14. The summed E-state index contributed by atoms with van der Waals surface area (Å²) < 4.78 is 5.19. The number of thiazole rings is 1. The predicted molar refractivity (Wildman–Crippen MR) is 87.4 cm³/mol. The van der Waals surface area contributed by atoms with Gasteiger partial charge in [0.15, 0.2) is 5.82 Å². The number of rotatable bonds is 6. The fourth-order valence-corrected chi connectivity index (χ4v) is 2.80. The van der Waals surface area contributed by atoms with E-state index in [4.69, 9.17) is 4.52 Å². The molecule has 0 saturated carbocycles.